The molecule has 1 heterocycles. The van der Waals surface area contributed by atoms with Crippen molar-refractivity contribution in [3.05, 3.63) is 33.8 Å². The van der Waals surface area contributed by atoms with Crippen molar-refractivity contribution in [2.75, 3.05) is 6.61 Å². The number of hydrogen-bond donors (Lipinski definition) is 1. The molecule has 88 valence electrons. The Morgan fingerprint density at radius 2 is 2.12 bits per heavy atom. The summed E-state index contributed by atoms with van der Waals surface area (Å²) in [4.78, 5) is 0. The van der Waals surface area contributed by atoms with E-state index in [2.05, 4.69) is 15.9 Å². The van der Waals surface area contributed by atoms with Crippen molar-refractivity contribution in [1.82, 2.24) is 0 Å². The zero-order valence-corrected chi connectivity index (χ0v) is 10.0. The predicted molar refractivity (Wildman–Crippen MR) is 58.0 cm³/mol. The van der Waals surface area contributed by atoms with E-state index in [1.54, 1.807) is 0 Å². The zero-order chi connectivity index (χ0) is 11.7. The monoisotopic (exact) mass is 292 g/mol. The van der Waals surface area contributed by atoms with Gasteiger partial charge in [0.1, 0.15) is 0 Å². The Balaban J connectivity index is 2.35. The highest BCUT2D eigenvalue weighted by Gasteiger charge is 2.27. The van der Waals surface area contributed by atoms with E-state index in [4.69, 9.17) is 4.74 Å². The van der Waals surface area contributed by atoms with E-state index in [1.165, 1.54) is 6.07 Å². The van der Waals surface area contributed by atoms with Crippen molar-refractivity contribution < 1.29 is 18.6 Å². The first kappa shape index (κ1) is 12.0. The summed E-state index contributed by atoms with van der Waals surface area (Å²) < 4.78 is 32.5. The van der Waals surface area contributed by atoms with E-state index in [1.807, 2.05) is 0 Å². The maximum atomic E-state index is 13.6. The van der Waals surface area contributed by atoms with Crippen LogP contribution in [-0.2, 0) is 4.74 Å². The van der Waals surface area contributed by atoms with Crippen molar-refractivity contribution in [1.29, 1.82) is 0 Å². The van der Waals surface area contributed by atoms with Gasteiger partial charge in [-0.1, -0.05) is 15.9 Å². The fourth-order valence-electron chi connectivity index (χ4n) is 1.82. The Bertz CT molecular complexity index is 398. The summed E-state index contributed by atoms with van der Waals surface area (Å²) in [7, 11) is 0. The Morgan fingerprint density at radius 1 is 1.38 bits per heavy atom. The molecule has 0 aromatic heterocycles. The Labute approximate surface area is 100 Å². The van der Waals surface area contributed by atoms with Crippen LogP contribution in [0.15, 0.2) is 16.6 Å². The van der Waals surface area contributed by atoms with Gasteiger partial charge in [-0.3, -0.25) is 0 Å². The van der Waals surface area contributed by atoms with E-state index in [9.17, 15) is 13.9 Å². The molecule has 1 aliphatic rings. The fraction of sp³-hybridized carbons (Fsp3) is 0.455. The maximum Gasteiger partial charge on any atom is 0.165 e. The summed E-state index contributed by atoms with van der Waals surface area (Å²) in [6.07, 6.45) is -0.286. The van der Waals surface area contributed by atoms with Crippen LogP contribution in [0.3, 0.4) is 0 Å². The van der Waals surface area contributed by atoms with Crippen LogP contribution in [0.5, 0.6) is 0 Å². The van der Waals surface area contributed by atoms with Gasteiger partial charge in [-0.15, -0.1) is 0 Å². The van der Waals surface area contributed by atoms with Gasteiger partial charge in [0.15, 0.2) is 11.6 Å². The van der Waals surface area contributed by atoms with Gasteiger partial charge in [0.25, 0.3) is 0 Å². The summed E-state index contributed by atoms with van der Waals surface area (Å²) >= 11 is 3.17. The van der Waals surface area contributed by atoms with Crippen LogP contribution in [0.25, 0.3) is 0 Å². The molecule has 5 heteroatoms. The van der Waals surface area contributed by atoms with Crippen LogP contribution in [0.1, 0.15) is 24.5 Å². The first-order valence-electron chi connectivity index (χ1n) is 5.02. The van der Waals surface area contributed by atoms with Crippen molar-refractivity contribution in [3.63, 3.8) is 0 Å². The number of aliphatic hydroxyl groups excluding tert-OH is 1. The zero-order valence-electron chi connectivity index (χ0n) is 8.42. The van der Waals surface area contributed by atoms with Gasteiger partial charge in [0.05, 0.1) is 12.2 Å². The second-order valence-electron chi connectivity index (χ2n) is 3.79. The summed E-state index contributed by atoms with van der Waals surface area (Å²) in [5.74, 6) is -1.81. The molecule has 2 rings (SSSR count). The van der Waals surface area contributed by atoms with E-state index in [0.717, 1.165) is 6.07 Å². The molecule has 0 spiro atoms. The minimum atomic E-state index is -0.909. The quantitative estimate of drug-likeness (QED) is 0.807. The Morgan fingerprint density at radius 3 is 2.81 bits per heavy atom. The first-order chi connectivity index (χ1) is 7.59. The highest BCUT2D eigenvalue weighted by molar-refractivity contribution is 9.10. The van der Waals surface area contributed by atoms with Crippen LogP contribution >= 0.6 is 15.9 Å². The molecular formula is C11H11BrF2O2. The normalized spacial score (nSPS) is 25.8. The number of benzene rings is 1. The summed E-state index contributed by atoms with van der Waals surface area (Å²) in [5, 5.41) is 9.48. The number of hydrogen-bond acceptors (Lipinski definition) is 2. The average molecular weight is 293 g/mol. The molecule has 2 unspecified atom stereocenters. The molecule has 0 aliphatic carbocycles. The van der Waals surface area contributed by atoms with E-state index < -0.39 is 23.8 Å². The van der Waals surface area contributed by atoms with E-state index in [-0.39, 0.29) is 5.56 Å². The lowest BCUT2D eigenvalue weighted by Gasteiger charge is -2.27. The molecule has 0 saturated carbocycles. The van der Waals surface area contributed by atoms with Gasteiger partial charge in [-0.05, 0) is 18.6 Å². The SMILES string of the molecule is OC1CCOC(c2c(Br)ccc(F)c2F)C1. The largest absolute Gasteiger partial charge is 0.393 e. The van der Waals surface area contributed by atoms with Gasteiger partial charge >= 0.3 is 0 Å². The summed E-state index contributed by atoms with van der Waals surface area (Å²) in [6, 6.07) is 2.50. The van der Waals surface area contributed by atoms with Gasteiger partial charge in [-0.25, -0.2) is 8.78 Å². The molecule has 1 aromatic rings. The van der Waals surface area contributed by atoms with E-state index >= 15 is 0 Å². The molecule has 1 saturated heterocycles. The molecule has 1 aliphatic heterocycles. The van der Waals surface area contributed by atoms with E-state index in [0.29, 0.717) is 23.9 Å². The third-order valence-corrected chi connectivity index (χ3v) is 3.35. The first-order valence-corrected chi connectivity index (χ1v) is 5.82. The number of halogens is 3. The highest BCUT2D eigenvalue weighted by atomic mass is 79.9. The van der Waals surface area contributed by atoms with Gasteiger partial charge in [0.2, 0.25) is 0 Å². The lowest BCUT2D eigenvalue weighted by atomic mass is 9.99. The van der Waals surface area contributed by atoms with Crippen LogP contribution in [0, 0.1) is 11.6 Å². The van der Waals surface area contributed by atoms with Crippen LogP contribution in [-0.4, -0.2) is 17.8 Å². The molecule has 2 atom stereocenters. The molecule has 0 bridgehead atoms. The average Bonchev–Trinajstić information content (AvgIpc) is 2.24. The molecule has 2 nitrogen and oxygen atoms in total. The lowest BCUT2D eigenvalue weighted by Crippen LogP contribution is -2.24. The maximum absolute atomic E-state index is 13.6. The Kier molecular flexibility index (Phi) is 3.56. The number of ether oxygens (including phenoxy) is 1. The highest BCUT2D eigenvalue weighted by Crippen LogP contribution is 2.35. The smallest absolute Gasteiger partial charge is 0.165 e. The summed E-state index contributed by atoms with van der Waals surface area (Å²) in [6.45, 7) is 0.355. The minimum absolute atomic E-state index is 0.152. The molecule has 16 heavy (non-hydrogen) atoms. The lowest BCUT2D eigenvalue weighted by molar-refractivity contribution is -0.0467. The third-order valence-electron chi connectivity index (χ3n) is 2.66. The molecule has 1 N–H and O–H groups in total. The second-order valence-corrected chi connectivity index (χ2v) is 4.65. The number of aliphatic hydroxyl groups is 1. The van der Waals surface area contributed by atoms with Crippen molar-refractivity contribution in [2.45, 2.75) is 25.0 Å². The van der Waals surface area contributed by atoms with Crippen LogP contribution in [0.2, 0.25) is 0 Å². The molecule has 0 radical (unpaired) electrons. The minimum Gasteiger partial charge on any atom is -0.393 e. The standard InChI is InChI=1S/C11H11BrF2O2/c12-7-1-2-8(13)11(14)10(7)9-5-6(15)3-4-16-9/h1-2,6,9,15H,3-5H2. The second kappa shape index (κ2) is 4.77. The topological polar surface area (TPSA) is 29.5 Å². The fourth-order valence-corrected chi connectivity index (χ4v) is 2.38. The Hall–Kier alpha value is -0.520. The van der Waals surface area contributed by atoms with Gasteiger partial charge in [0, 0.05) is 23.1 Å². The van der Waals surface area contributed by atoms with Crippen molar-refractivity contribution >= 4 is 15.9 Å². The third kappa shape index (κ3) is 2.26. The van der Waals surface area contributed by atoms with Gasteiger partial charge in [-0.2, -0.15) is 0 Å². The molecular weight excluding hydrogens is 282 g/mol. The van der Waals surface area contributed by atoms with Gasteiger partial charge < -0.3 is 9.84 Å². The van der Waals surface area contributed by atoms with Crippen LogP contribution < -0.4 is 0 Å². The van der Waals surface area contributed by atoms with Crippen molar-refractivity contribution in [3.8, 4) is 0 Å². The molecule has 1 aromatic carbocycles. The van der Waals surface area contributed by atoms with Crippen molar-refractivity contribution in [2.24, 2.45) is 0 Å². The summed E-state index contributed by atoms with van der Waals surface area (Å²) in [5.41, 5.74) is 0.152. The number of rotatable bonds is 1. The molecule has 0 amide bonds. The molecule has 1 fully saturated rings. The van der Waals surface area contributed by atoms with Crippen LogP contribution in [0.4, 0.5) is 8.78 Å². The predicted octanol–water partition coefficient (Wildman–Crippen LogP) is 2.94.